The molecule has 1 aliphatic rings. The van der Waals surface area contributed by atoms with Crippen molar-refractivity contribution in [2.24, 2.45) is 10.3 Å². The van der Waals surface area contributed by atoms with Crippen LogP contribution in [-0.2, 0) is 4.79 Å². The molecule has 0 aromatic heterocycles. The molecular weight excluding hydrogens is 180 g/mol. The second-order valence-corrected chi connectivity index (χ2v) is 3.07. The molecule has 1 N–H and O–H groups in total. The summed E-state index contributed by atoms with van der Waals surface area (Å²) in [6, 6.07) is 7.76. The summed E-state index contributed by atoms with van der Waals surface area (Å²) in [7, 11) is 0. The van der Waals surface area contributed by atoms with Gasteiger partial charge in [-0.2, -0.15) is 5.53 Å². The van der Waals surface area contributed by atoms with Gasteiger partial charge in [-0.05, 0) is 19.1 Å². The highest BCUT2D eigenvalue weighted by Gasteiger charge is 2.21. The van der Waals surface area contributed by atoms with Gasteiger partial charge in [0.05, 0.1) is 5.69 Å². The molecule has 1 aromatic carbocycles. The fourth-order valence-electron chi connectivity index (χ4n) is 1.25. The van der Waals surface area contributed by atoms with E-state index in [1.165, 1.54) is 5.56 Å². The molecular formula is C9H10N4O. The maximum atomic E-state index is 10.6. The molecule has 0 bridgehead atoms. The fourth-order valence-corrected chi connectivity index (χ4v) is 1.25. The lowest BCUT2D eigenvalue weighted by Crippen LogP contribution is -2.38. The third kappa shape index (κ3) is 1.44. The predicted octanol–water partition coefficient (Wildman–Crippen LogP) is 1.21. The van der Waals surface area contributed by atoms with E-state index in [4.69, 9.17) is 0 Å². The van der Waals surface area contributed by atoms with E-state index in [-0.39, 0.29) is 0 Å². The van der Waals surface area contributed by atoms with Crippen LogP contribution in [0.3, 0.4) is 0 Å². The zero-order valence-electron chi connectivity index (χ0n) is 7.71. The zero-order valence-corrected chi connectivity index (χ0v) is 7.71. The number of aldehydes is 1. The highest BCUT2D eigenvalue weighted by Crippen LogP contribution is 2.18. The molecule has 1 aromatic rings. The van der Waals surface area contributed by atoms with Crippen molar-refractivity contribution in [2.45, 2.75) is 13.1 Å². The van der Waals surface area contributed by atoms with E-state index in [2.05, 4.69) is 15.9 Å². The van der Waals surface area contributed by atoms with Crippen molar-refractivity contribution in [3.8, 4) is 0 Å². The Balaban J connectivity index is 2.23. The summed E-state index contributed by atoms with van der Waals surface area (Å²) in [6.45, 7) is 2.01. The van der Waals surface area contributed by atoms with Crippen LogP contribution in [0.2, 0.25) is 0 Å². The van der Waals surface area contributed by atoms with Crippen LogP contribution in [0.4, 0.5) is 5.69 Å². The van der Waals surface area contributed by atoms with Gasteiger partial charge in [-0.1, -0.05) is 22.9 Å². The van der Waals surface area contributed by atoms with Crippen LogP contribution in [-0.4, -0.2) is 12.5 Å². The SMILES string of the molecule is Cc1ccc(N2NN=NC2C=O)cc1. The minimum Gasteiger partial charge on any atom is -0.299 e. The average molecular weight is 190 g/mol. The number of benzene rings is 1. The molecule has 0 saturated carbocycles. The molecule has 0 saturated heterocycles. The minimum atomic E-state index is -0.558. The van der Waals surface area contributed by atoms with Crippen molar-refractivity contribution in [1.29, 1.82) is 0 Å². The first-order valence-electron chi connectivity index (χ1n) is 4.28. The van der Waals surface area contributed by atoms with Gasteiger partial charge in [0.25, 0.3) is 0 Å². The summed E-state index contributed by atoms with van der Waals surface area (Å²) in [4.78, 5) is 10.6. The molecule has 1 aliphatic heterocycles. The normalized spacial score (nSPS) is 19.5. The van der Waals surface area contributed by atoms with Crippen LogP contribution < -0.4 is 10.5 Å². The van der Waals surface area contributed by atoms with Gasteiger partial charge in [-0.25, -0.2) is 5.01 Å². The monoisotopic (exact) mass is 190 g/mol. The number of aryl methyl sites for hydroxylation is 1. The molecule has 1 unspecified atom stereocenters. The van der Waals surface area contributed by atoms with Crippen molar-refractivity contribution < 1.29 is 4.79 Å². The first-order chi connectivity index (χ1) is 6.81. The van der Waals surface area contributed by atoms with Crippen LogP contribution in [0, 0.1) is 6.92 Å². The van der Waals surface area contributed by atoms with Crippen LogP contribution >= 0.6 is 0 Å². The lowest BCUT2D eigenvalue weighted by atomic mass is 10.2. The topological polar surface area (TPSA) is 57.1 Å². The molecule has 0 aliphatic carbocycles. The van der Waals surface area contributed by atoms with Crippen molar-refractivity contribution in [3.63, 3.8) is 0 Å². The first-order valence-corrected chi connectivity index (χ1v) is 4.28. The summed E-state index contributed by atoms with van der Waals surface area (Å²) in [6.07, 6.45) is 0.182. The number of rotatable bonds is 2. The lowest BCUT2D eigenvalue weighted by Gasteiger charge is -2.18. The Bertz CT molecular complexity index is 360. The lowest BCUT2D eigenvalue weighted by molar-refractivity contribution is -0.108. The van der Waals surface area contributed by atoms with Crippen LogP contribution in [0.5, 0.6) is 0 Å². The summed E-state index contributed by atoms with van der Waals surface area (Å²) < 4.78 is 0. The second-order valence-electron chi connectivity index (χ2n) is 3.07. The largest absolute Gasteiger partial charge is 0.299 e. The van der Waals surface area contributed by atoms with Gasteiger partial charge in [-0.15, -0.1) is 5.11 Å². The van der Waals surface area contributed by atoms with Gasteiger partial charge in [0, 0.05) is 0 Å². The molecule has 14 heavy (non-hydrogen) atoms. The maximum Gasteiger partial charge on any atom is 0.219 e. The number of carbonyl (C=O) groups is 1. The van der Waals surface area contributed by atoms with Crippen molar-refractivity contribution in [2.75, 3.05) is 5.01 Å². The number of carbonyl (C=O) groups excluding carboxylic acids is 1. The Hall–Kier alpha value is -1.91. The van der Waals surface area contributed by atoms with Gasteiger partial charge in [0.15, 0.2) is 6.29 Å². The Labute approximate surface area is 81.4 Å². The molecule has 72 valence electrons. The van der Waals surface area contributed by atoms with Crippen LogP contribution in [0.1, 0.15) is 5.56 Å². The van der Waals surface area contributed by atoms with Gasteiger partial charge < -0.3 is 0 Å². The van der Waals surface area contributed by atoms with E-state index in [1.807, 2.05) is 31.2 Å². The number of nitrogens with zero attached hydrogens (tertiary/aromatic N) is 3. The van der Waals surface area contributed by atoms with Gasteiger partial charge in [0.1, 0.15) is 0 Å². The zero-order chi connectivity index (χ0) is 9.97. The highest BCUT2D eigenvalue weighted by molar-refractivity contribution is 5.65. The van der Waals surface area contributed by atoms with Gasteiger partial charge in [0.2, 0.25) is 6.17 Å². The standard InChI is InChI=1S/C9H10N4O/c1-7-2-4-8(5-3-7)13-9(6-14)10-11-12-13/h2-6,9H,1H3,(H,10,12). The third-order valence-corrected chi connectivity index (χ3v) is 2.03. The van der Waals surface area contributed by atoms with Gasteiger partial charge >= 0.3 is 0 Å². The predicted molar refractivity (Wildman–Crippen MR) is 51.5 cm³/mol. The Morgan fingerprint density at radius 2 is 2.14 bits per heavy atom. The summed E-state index contributed by atoms with van der Waals surface area (Å²) >= 11 is 0. The molecule has 5 heteroatoms. The smallest absolute Gasteiger partial charge is 0.219 e. The third-order valence-electron chi connectivity index (χ3n) is 2.03. The molecule has 2 rings (SSSR count). The number of hydrogen-bond donors (Lipinski definition) is 1. The Morgan fingerprint density at radius 1 is 1.43 bits per heavy atom. The summed E-state index contributed by atoms with van der Waals surface area (Å²) in [5.74, 6) is 0. The molecule has 1 heterocycles. The van der Waals surface area contributed by atoms with Crippen molar-refractivity contribution in [1.82, 2.24) is 5.53 Å². The quantitative estimate of drug-likeness (QED) is 0.713. The molecule has 0 amide bonds. The number of nitrogens with one attached hydrogen (secondary N) is 1. The minimum absolute atomic E-state index is 0.558. The molecule has 0 radical (unpaired) electrons. The van der Waals surface area contributed by atoms with Crippen LogP contribution in [0.15, 0.2) is 34.6 Å². The first kappa shape index (κ1) is 8.68. The van der Waals surface area contributed by atoms with E-state index in [0.717, 1.165) is 12.0 Å². The van der Waals surface area contributed by atoms with Gasteiger partial charge in [-0.3, -0.25) is 4.79 Å². The number of hydrazine groups is 1. The fraction of sp³-hybridized carbons (Fsp3) is 0.222. The maximum absolute atomic E-state index is 10.6. The van der Waals surface area contributed by atoms with E-state index in [9.17, 15) is 4.79 Å². The number of anilines is 1. The second kappa shape index (κ2) is 3.45. The van der Waals surface area contributed by atoms with Crippen molar-refractivity contribution in [3.05, 3.63) is 29.8 Å². The Morgan fingerprint density at radius 3 is 2.79 bits per heavy atom. The molecule has 0 fully saturated rings. The average Bonchev–Trinajstić information content (AvgIpc) is 2.67. The van der Waals surface area contributed by atoms with E-state index >= 15 is 0 Å². The van der Waals surface area contributed by atoms with Crippen molar-refractivity contribution >= 4 is 12.0 Å². The number of hydrogen-bond acceptors (Lipinski definition) is 5. The van der Waals surface area contributed by atoms with E-state index in [0.29, 0.717) is 0 Å². The summed E-state index contributed by atoms with van der Waals surface area (Å²) in [5.41, 5.74) is 4.70. The van der Waals surface area contributed by atoms with E-state index in [1.54, 1.807) is 5.01 Å². The summed E-state index contributed by atoms with van der Waals surface area (Å²) in [5, 5.41) is 8.90. The molecule has 1 atom stereocenters. The highest BCUT2D eigenvalue weighted by atomic mass is 16.1. The molecule has 5 nitrogen and oxygen atoms in total. The van der Waals surface area contributed by atoms with Crippen LogP contribution in [0.25, 0.3) is 0 Å². The Kier molecular flexibility index (Phi) is 2.14. The molecule has 0 spiro atoms. The van der Waals surface area contributed by atoms with E-state index < -0.39 is 6.17 Å².